The van der Waals surface area contributed by atoms with Crippen LogP contribution in [0.4, 0.5) is 4.39 Å². The number of nitrogens with one attached hydrogen (secondary N) is 1. The van der Waals surface area contributed by atoms with E-state index in [1.807, 2.05) is 6.92 Å². The molecular formula is C21H19FN2O3S. The summed E-state index contributed by atoms with van der Waals surface area (Å²) >= 11 is 0. The number of carbonyl (C=O) groups excluding carboxylic acids is 1. The summed E-state index contributed by atoms with van der Waals surface area (Å²) in [5.41, 5.74) is 1.24. The Bertz CT molecular complexity index is 1070. The van der Waals surface area contributed by atoms with E-state index in [4.69, 9.17) is 0 Å². The maximum atomic E-state index is 13.8. The molecule has 3 rings (SSSR count). The summed E-state index contributed by atoms with van der Waals surface area (Å²) in [5.74, 6) is -1.34. The quantitative estimate of drug-likeness (QED) is 0.690. The van der Waals surface area contributed by atoms with E-state index in [9.17, 15) is 17.6 Å². The van der Waals surface area contributed by atoms with E-state index in [1.54, 1.807) is 30.3 Å². The van der Waals surface area contributed by atoms with E-state index in [1.165, 1.54) is 42.7 Å². The van der Waals surface area contributed by atoms with Crippen LogP contribution in [0.1, 0.15) is 26.7 Å². The average Bonchev–Trinajstić information content (AvgIpc) is 2.69. The number of aromatic nitrogens is 1. The summed E-state index contributed by atoms with van der Waals surface area (Å²) in [6.45, 7) is 1.65. The molecule has 0 spiro atoms. The standard InChI is InChI=1S/C21H19FN2O3S/c1-15-8-10-17(11-9-15)28(26,27)20(16-5-4-12-23-13-16)14-24-21(25)18-6-2-3-7-19(18)22/h2-13,20H,14H2,1H3,(H,24,25)/t20-/m1/s1. The van der Waals surface area contributed by atoms with Crippen LogP contribution in [0.25, 0.3) is 0 Å². The molecule has 0 aliphatic rings. The van der Waals surface area contributed by atoms with Crippen LogP contribution < -0.4 is 5.32 Å². The predicted molar refractivity (Wildman–Crippen MR) is 104 cm³/mol. The number of nitrogens with zero attached hydrogens (tertiary/aromatic N) is 1. The Morgan fingerprint density at radius 3 is 2.43 bits per heavy atom. The molecule has 3 aromatic rings. The van der Waals surface area contributed by atoms with E-state index >= 15 is 0 Å². The minimum atomic E-state index is -3.81. The van der Waals surface area contributed by atoms with Crippen molar-refractivity contribution in [2.75, 3.05) is 6.54 Å². The predicted octanol–water partition coefficient (Wildman–Crippen LogP) is 3.47. The Hall–Kier alpha value is -3.06. The molecule has 1 aromatic heterocycles. The van der Waals surface area contributed by atoms with Crippen molar-refractivity contribution in [3.63, 3.8) is 0 Å². The zero-order valence-corrected chi connectivity index (χ0v) is 16.0. The second-order valence-corrected chi connectivity index (χ2v) is 8.45. The maximum absolute atomic E-state index is 13.8. The molecule has 0 saturated heterocycles. The van der Waals surface area contributed by atoms with Crippen LogP contribution in [0.2, 0.25) is 0 Å². The lowest BCUT2D eigenvalue weighted by atomic mass is 10.2. The summed E-state index contributed by atoms with van der Waals surface area (Å²) in [4.78, 5) is 16.5. The van der Waals surface area contributed by atoms with Crippen molar-refractivity contribution in [3.05, 3.63) is 95.6 Å². The minimum Gasteiger partial charge on any atom is -0.350 e. The van der Waals surface area contributed by atoms with Crippen LogP contribution in [0.5, 0.6) is 0 Å². The fourth-order valence-corrected chi connectivity index (χ4v) is 4.44. The Morgan fingerprint density at radius 2 is 1.79 bits per heavy atom. The molecule has 1 atom stereocenters. The first kappa shape index (κ1) is 19.7. The topological polar surface area (TPSA) is 76.1 Å². The lowest BCUT2D eigenvalue weighted by molar-refractivity contribution is 0.0949. The monoisotopic (exact) mass is 398 g/mol. The molecule has 0 unspecified atom stereocenters. The number of amides is 1. The van der Waals surface area contributed by atoms with E-state index in [0.717, 1.165) is 5.56 Å². The molecule has 0 saturated carbocycles. The van der Waals surface area contributed by atoms with Crippen molar-refractivity contribution in [2.45, 2.75) is 17.1 Å². The van der Waals surface area contributed by atoms with Gasteiger partial charge < -0.3 is 5.32 Å². The van der Waals surface area contributed by atoms with Gasteiger partial charge in [-0.3, -0.25) is 9.78 Å². The highest BCUT2D eigenvalue weighted by atomic mass is 32.2. The molecular weight excluding hydrogens is 379 g/mol. The molecule has 1 heterocycles. The highest BCUT2D eigenvalue weighted by Gasteiger charge is 2.30. The van der Waals surface area contributed by atoms with Gasteiger partial charge in [-0.05, 0) is 42.8 Å². The van der Waals surface area contributed by atoms with Crippen molar-refractivity contribution in [2.24, 2.45) is 0 Å². The molecule has 5 nitrogen and oxygen atoms in total. The lowest BCUT2D eigenvalue weighted by Gasteiger charge is -2.19. The SMILES string of the molecule is Cc1ccc(S(=O)(=O)[C@H](CNC(=O)c2ccccc2F)c2cccnc2)cc1. The van der Waals surface area contributed by atoms with Gasteiger partial charge in [0.2, 0.25) is 0 Å². The normalized spacial score (nSPS) is 12.4. The van der Waals surface area contributed by atoms with Gasteiger partial charge in [-0.2, -0.15) is 0 Å². The molecule has 28 heavy (non-hydrogen) atoms. The van der Waals surface area contributed by atoms with Gasteiger partial charge in [0.15, 0.2) is 9.84 Å². The third-order valence-electron chi connectivity index (χ3n) is 4.35. The highest BCUT2D eigenvalue weighted by molar-refractivity contribution is 7.91. The minimum absolute atomic E-state index is 0.139. The Kier molecular flexibility index (Phi) is 5.84. The number of pyridine rings is 1. The van der Waals surface area contributed by atoms with Gasteiger partial charge in [-0.1, -0.05) is 35.9 Å². The molecule has 1 amide bonds. The second-order valence-electron chi connectivity index (χ2n) is 6.32. The summed E-state index contributed by atoms with van der Waals surface area (Å²) in [7, 11) is -3.81. The number of carbonyl (C=O) groups is 1. The first-order valence-corrected chi connectivity index (χ1v) is 10.2. The van der Waals surface area contributed by atoms with Gasteiger partial charge in [0.05, 0.1) is 10.5 Å². The van der Waals surface area contributed by atoms with Crippen molar-refractivity contribution in [1.29, 1.82) is 0 Å². The van der Waals surface area contributed by atoms with Crippen LogP contribution in [-0.4, -0.2) is 25.9 Å². The summed E-state index contributed by atoms with van der Waals surface area (Å²) in [6.07, 6.45) is 2.99. The largest absolute Gasteiger partial charge is 0.350 e. The summed E-state index contributed by atoms with van der Waals surface area (Å²) < 4.78 is 40.2. The highest BCUT2D eigenvalue weighted by Crippen LogP contribution is 2.28. The number of sulfone groups is 1. The van der Waals surface area contributed by atoms with Gasteiger partial charge in [-0.25, -0.2) is 12.8 Å². The van der Waals surface area contributed by atoms with Crippen molar-refractivity contribution < 1.29 is 17.6 Å². The van der Waals surface area contributed by atoms with Gasteiger partial charge in [0.1, 0.15) is 11.1 Å². The van der Waals surface area contributed by atoms with Crippen LogP contribution in [-0.2, 0) is 9.84 Å². The van der Waals surface area contributed by atoms with Crippen molar-refractivity contribution in [3.8, 4) is 0 Å². The number of halogens is 1. The first-order valence-electron chi connectivity index (χ1n) is 8.63. The van der Waals surface area contributed by atoms with Gasteiger partial charge in [0, 0.05) is 18.9 Å². The molecule has 0 fully saturated rings. The number of rotatable bonds is 6. The fraction of sp³-hybridized carbons (Fsp3) is 0.143. The van der Waals surface area contributed by atoms with E-state index in [-0.39, 0.29) is 17.0 Å². The van der Waals surface area contributed by atoms with E-state index in [2.05, 4.69) is 10.3 Å². The Morgan fingerprint density at radius 1 is 1.07 bits per heavy atom. The number of benzene rings is 2. The molecule has 0 bridgehead atoms. The number of hydrogen-bond acceptors (Lipinski definition) is 4. The molecule has 0 aliphatic heterocycles. The molecule has 144 valence electrons. The molecule has 0 radical (unpaired) electrons. The van der Waals surface area contributed by atoms with E-state index in [0.29, 0.717) is 5.56 Å². The third-order valence-corrected chi connectivity index (χ3v) is 6.46. The van der Waals surface area contributed by atoms with Crippen LogP contribution in [0.3, 0.4) is 0 Å². The molecule has 0 aliphatic carbocycles. The maximum Gasteiger partial charge on any atom is 0.254 e. The molecule has 7 heteroatoms. The molecule has 2 aromatic carbocycles. The van der Waals surface area contributed by atoms with Crippen LogP contribution >= 0.6 is 0 Å². The molecule has 1 N–H and O–H groups in total. The fourth-order valence-electron chi connectivity index (χ4n) is 2.79. The Balaban J connectivity index is 1.91. The zero-order valence-electron chi connectivity index (χ0n) is 15.2. The van der Waals surface area contributed by atoms with Crippen LogP contribution in [0.15, 0.2) is 78.0 Å². The van der Waals surface area contributed by atoms with Gasteiger partial charge >= 0.3 is 0 Å². The number of hydrogen-bond donors (Lipinski definition) is 1. The first-order chi connectivity index (χ1) is 13.4. The van der Waals surface area contributed by atoms with Crippen molar-refractivity contribution in [1.82, 2.24) is 10.3 Å². The van der Waals surface area contributed by atoms with E-state index < -0.39 is 26.8 Å². The lowest BCUT2D eigenvalue weighted by Crippen LogP contribution is -2.32. The van der Waals surface area contributed by atoms with Crippen molar-refractivity contribution >= 4 is 15.7 Å². The average molecular weight is 398 g/mol. The van der Waals surface area contributed by atoms with Gasteiger partial charge in [0.25, 0.3) is 5.91 Å². The summed E-state index contributed by atoms with van der Waals surface area (Å²) in [6, 6.07) is 15.3. The van der Waals surface area contributed by atoms with Gasteiger partial charge in [-0.15, -0.1) is 0 Å². The third kappa shape index (κ3) is 4.26. The smallest absolute Gasteiger partial charge is 0.254 e. The number of aryl methyl sites for hydroxylation is 1. The van der Waals surface area contributed by atoms with Crippen LogP contribution in [0, 0.1) is 12.7 Å². The second kappa shape index (κ2) is 8.31. The summed E-state index contributed by atoms with van der Waals surface area (Å²) in [5, 5.41) is 1.48. The Labute approximate surface area is 163 Å². The zero-order chi connectivity index (χ0) is 20.1.